The minimum atomic E-state index is -0.756. The molecule has 4 aliphatic rings. The molecule has 1 N–H and O–H groups in total. The zero-order chi connectivity index (χ0) is 21.2. The molecule has 0 aliphatic heterocycles. The van der Waals surface area contributed by atoms with Gasteiger partial charge >= 0.3 is 0 Å². The molecule has 3 nitrogen and oxygen atoms in total. The summed E-state index contributed by atoms with van der Waals surface area (Å²) in [6.45, 7) is 2.41. The van der Waals surface area contributed by atoms with E-state index >= 15 is 0 Å². The second-order valence-corrected chi connectivity index (χ2v) is 10.7. The fourth-order valence-electron chi connectivity index (χ4n) is 7.45. The Morgan fingerprint density at radius 3 is 2.90 bits per heavy atom. The van der Waals surface area contributed by atoms with Crippen molar-refractivity contribution in [2.75, 3.05) is 0 Å². The fourth-order valence-corrected chi connectivity index (χ4v) is 7.45. The van der Waals surface area contributed by atoms with E-state index in [0.29, 0.717) is 30.5 Å². The van der Waals surface area contributed by atoms with Crippen molar-refractivity contribution >= 4 is 16.6 Å². The van der Waals surface area contributed by atoms with Crippen LogP contribution in [0.4, 0.5) is 0 Å². The largest absolute Gasteiger partial charge is 0.385 e. The van der Waals surface area contributed by atoms with Crippen molar-refractivity contribution in [2.45, 2.75) is 69.8 Å². The van der Waals surface area contributed by atoms with Crippen LogP contribution >= 0.6 is 0 Å². The van der Waals surface area contributed by atoms with Gasteiger partial charge in [0, 0.05) is 30.6 Å². The molecule has 1 heterocycles. The third-order valence-corrected chi connectivity index (χ3v) is 9.15. The topological polar surface area (TPSA) is 50.2 Å². The van der Waals surface area contributed by atoms with E-state index in [2.05, 4.69) is 48.3 Å². The van der Waals surface area contributed by atoms with Gasteiger partial charge in [-0.15, -0.1) is 0 Å². The lowest BCUT2D eigenvalue weighted by Crippen LogP contribution is -2.49. The van der Waals surface area contributed by atoms with Crippen LogP contribution in [0.1, 0.15) is 69.8 Å². The van der Waals surface area contributed by atoms with Gasteiger partial charge in [0.2, 0.25) is 0 Å². The van der Waals surface area contributed by atoms with Crippen LogP contribution in [0.15, 0.2) is 60.0 Å². The number of ketones is 1. The van der Waals surface area contributed by atoms with Gasteiger partial charge in [0.25, 0.3) is 0 Å². The molecule has 31 heavy (non-hydrogen) atoms. The molecule has 160 valence electrons. The molecule has 4 aliphatic carbocycles. The van der Waals surface area contributed by atoms with E-state index in [1.165, 1.54) is 21.9 Å². The van der Waals surface area contributed by atoms with E-state index in [1.807, 2.05) is 12.4 Å². The molecule has 0 saturated heterocycles. The Morgan fingerprint density at radius 1 is 1.10 bits per heavy atom. The third-order valence-electron chi connectivity index (χ3n) is 9.15. The van der Waals surface area contributed by atoms with Crippen molar-refractivity contribution in [1.29, 1.82) is 0 Å². The minimum Gasteiger partial charge on any atom is -0.385 e. The fraction of sp³-hybridized carbons (Fsp3) is 0.500. The predicted octanol–water partition coefficient (Wildman–Crippen LogP) is 5.89. The van der Waals surface area contributed by atoms with Gasteiger partial charge in [0.05, 0.1) is 5.60 Å². The van der Waals surface area contributed by atoms with Crippen LogP contribution in [-0.4, -0.2) is 21.5 Å². The summed E-state index contributed by atoms with van der Waals surface area (Å²) in [4.78, 5) is 16.4. The highest BCUT2D eigenvalue weighted by Gasteiger charge is 2.58. The summed E-state index contributed by atoms with van der Waals surface area (Å²) in [6.07, 6.45) is 15.6. The number of benzene rings is 1. The first-order valence-corrected chi connectivity index (χ1v) is 12.0. The maximum absolute atomic E-state index is 12.1. The van der Waals surface area contributed by atoms with Gasteiger partial charge in [-0.25, -0.2) is 0 Å². The van der Waals surface area contributed by atoms with E-state index in [4.69, 9.17) is 0 Å². The molecule has 0 radical (unpaired) electrons. The Balaban J connectivity index is 1.37. The first-order chi connectivity index (χ1) is 15.0. The van der Waals surface area contributed by atoms with E-state index in [0.717, 1.165) is 44.1 Å². The summed E-state index contributed by atoms with van der Waals surface area (Å²) in [7, 11) is 0. The second-order valence-electron chi connectivity index (χ2n) is 10.7. The molecule has 0 spiro atoms. The van der Waals surface area contributed by atoms with Gasteiger partial charge in [-0.1, -0.05) is 36.8 Å². The quantitative estimate of drug-likeness (QED) is 0.635. The number of aliphatic hydroxyl groups is 1. The van der Waals surface area contributed by atoms with E-state index in [9.17, 15) is 9.90 Å². The molecule has 6 rings (SSSR count). The number of hydrogen-bond acceptors (Lipinski definition) is 3. The van der Waals surface area contributed by atoms with Crippen molar-refractivity contribution in [3.05, 3.63) is 65.5 Å². The summed E-state index contributed by atoms with van der Waals surface area (Å²) >= 11 is 0. The van der Waals surface area contributed by atoms with Crippen LogP contribution < -0.4 is 0 Å². The highest BCUT2D eigenvalue weighted by Crippen LogP contribution is 2.63. The molecule has 2 saturated carbocycles. The number of rotatable bonds is 1. The van der Waals surface area contributed by atoms with Crippen LogP contribution in [-0.2, 0) is 4.79 Å². The van der Waals surface area contributed by atoms with Crippen molar-refractivity contribution in [1.82, 2.24) is 4.98 Å². The van der Waals surface area contributed by atoms with Gasteiger partial charge in [0.15, 0.2) is 0 Å². The SMILES string of the molecule is CC12CC=C3C=C4CCC(=O)CC4CCC3(O)C1CCC2c1ccc2ccncc2c1. The molecule has 3 heteroatoms. The highest BCUT2D eigenvalue weighted by atomic mass is 16.3. The normalized spacial score (nSPS) is 37.4. The molecular formula is C28H31NO2. The first kappa shape index (κ1) is 19.4. The average molecular weight is 414 g/mol. The molecule has 0 bridgehead atoms. The number of nitrogens with zero attached hydrogens (tertiary/aromatic N) is 1. The molecule has 1 aromatic heterocycles. The number of aromatic nitrogens is 1. The summed E-state index contributed by atoms with van der Waals surface area (Å²) in [6, 6.07) is 8.90. The monoisotopic (exact) mass is 413 g/mol. The van der Waals surface area contributed by atoms with Gasteiger partial charge in [0.1, 0.15) is 5.78 Å². The van der Waals surface area contributed by atoms with Crippen LogP contribution in [0.3, 0.4) is 0 Å². The van der Waals surface area contributed by atoms with Gasteiger partial charge in [-0.05, 0) is 90.3 Å². The number of pyridine rings is 1. The van der Waals surface area contributed by atoms with E-state index in [1.54, 1.807) is 0 Å². The summed E-state index contributed by atoms with van der Waals surface area (Å²) in [5.74, 6) is 1.45. The average Bonchev–Trinajstić information content (AvgIpc) is 3.06. The molecule has 0 amide bonds. The molecule has 5 atom stereocenters. The molecule has 1 aromatic carbocycles. The number of carbonyl (C=O) groups excluding carboxylic acids is 1. The van der Waals surface area contributed by atoms with Crippen LogP contribution in [0.25, 0.3) is 10.8 Å². The molecule has 2 aromatic rings. The van der Waals surface area contributed by atoms with Crippen LogP contribution in [0.5, 0.6) is 0 Å². The van der Waals surface area contributed by atoms with E-state index in [-0.39, 0.29) is 11.3 Å². The zero-order valence-corrected chi connectivity index (χ0v) is 18.3. The Bertz CT molecular complexity index is 1130. The number of carbonyl (C=O) groups is 1. The highest BCUT2D eigenvalue weighted by molar-refractivity contribution is 5.82. The van der Waals surface area contributed by atoms with E-state index < -0.39 is 5.60 Å². The number of allylic oxidation sites excluding steroid dienone is 2. The second kappa shape index (κ2) is 6.87. The van der Waals surface area contributed by atoms with Gasteiger partial charge in [-0.2, -0.15) is 0 Å². The Hall–Kier alpha value is -2.26. The van der Waals surface area contributed by atoms with Crippen molar-refractivity contribution in [3.8, 4) is 0 Å². The first-order valence-electron chi connectivity index (χ1n) is 12.0. The van der Waals surface area contributed by atoms with Crippen LogP contribution in [0, 0.1) is 17.3 Å². The van der Waals surface area contributed by atoms with Crippen molar-refractivity contribution in [2.24, 2.45) is 17.3 Å². The predicted molar refractivity (Wildman–Crippen MR) is 123 cm³/mol. The third kappa shape index (κ3) is 2.89. The minimum absolute atomic E-state index is 0.0535. The molecule has 5 unspecified atom stereocenters. The van der Waals surface area contributed by atoms with Gasteiger partial charge < -0.3 is 5.11 Å². The smallest absolute Gasteiger partial charge is 0.133 e. The maximum Gasteiger partial charge on any atom is 0.133 e. The lowest BCUT2D eigenvalue weighted by atomic mass is 9.58. The standard InChI is InChI=1S/C28H31NO2/c1-27-11-9-23-15-19-4-5-24(30)16-20(19)8-12-28(23,31)26(27)7-6-25(27)21-3-2-18-10-13-29-17-22(18)14-21/h2-3,9-10,13-15,17,20,25-26,31H,4-8,11-12,16H2,1H3. The molecule has 2 fully saturated rings. The Kier molecular flexibility index (Phi) is 4.30. The summed E-state index contributed by atoms with van der Waals surface area (Å²) in [5, 5.41) is 14.6. The summed E-state index contributed by atoms with van der Waals surface area (Å²) in [5.41, 5.74) is 3.23. The number of Topliss-reactive ketones (excluding diaryl/α,β-unsaturated/α-hetero) is 1. The Labute approximate surface area is 184 Å². The van der Waals surface area contributed by atoms with Crippen LogP contribution in [0.2, 0.25) is 0 Å². The summed E-state index contributed by atoms with van der Waals surface area (Å²) < 4.78 is 0. The molecular weight excluding hydrogens is 382 g/mol. The van der Waals surface area contributed by atoms with Crippen molar-refractivity contribution in [3.63, 3.8) is 0 Å². The number of hydrogen-bond donors (Lipinski definition) is 1. The lowest BCUT2D eigenvalue weighted by molar-refractivity contribution is -0.120. The van der Waals surface area contributed by atoms with Crippen molar-refractivity contribution < 1.29 is 9.90 Å². The van der Waals surface area contributed by atoms with Gasteiger partial charge in [-0.3, -0.25) is 9.78 Å². The Morgan fingerprint density at radius 2 is 2.00 bits per heavy atom. The zero-order valence-electron chi connectivity index (χ0n) is 18.3. The lowest BCUT2D eigenvalue weighted by Gasteiger charge is -2.49. The maximum atomic E-state index is 12.1. The number of fused-ring (bicyclic) bond motifs is 5.